The zero-order chi connectivity index (χ0) is 32.7. The normalized spacial score (nSPS) is 13.3. The fourth-order valence-electron chi connectivity index (χ4n) is 7.67. The Morgan fingerprint density at radius 1 is 0.551 bits per heavy atom. The Kier molecular flexibility index (Phi) is 6.09. The van der Waals surface area contributed by atoms with Crippen molar-refractivity contribution in [3.05, 3.63) is 157 Å². The third kappa shape index (κ3) is 4.34. The predicted octanol–water partition coefficient (Wildman–Crippen LogP) is 12.6. The van der Waals surface area contributed by atoms with Gasteiger partial charge in [0.15, 0.2) is 5.82 Å². The quantitative estimate of drug-likeness (QED) is 0.191. The van der Waals surface area contributed by atoms with E-state index < -0.39 is 0 Å². The monoisotopic (exact) mass is 646 g/mol. The van der Waals surface area contributed by atoms with E-state index in [0.29, 0.717) is 5.82 Å². The van der Waals surface area contributed by atoms with Gasteiger partial charge in [-0.1, -0.05) is 129 Å². The van der Waals surface area contributed by atoms with Gasteiger partial charge >= 0.3 is 0 Å². The van der Waals surface area contributed by atoms with E-state index in [2.05, 4.69) is 147 Å². The smallest absolute Gasteiger partial charge is 0.164 e. The van der Waals surface area contributed by atoms with Gasteiger partial charge in [-0.15, -0.1) is 11.3 Å². The Labute approximate surface area is 288 Å². The molecule has 3 heterocycles. The molecule has 9 aromatic rings. The lowest BCUT2D eigenvalue weighted by Crippen LogP contribution is -2.14. The topological polar surface area (TPSA) is 38.9 Å². The maximum absolute atomic E-state index is 6.49. The molecule has 1 aliphatic rings. The number of furan rings is 1. The van der Waals surface area contributed by atoms with E-state index in [0.717, 1.165) is 50.0 Å². The van der Waals surface area contributed by atoms with Crippen molar-refractivity contribution in [1.29, 1.82) is 0 Å². The van der Waals surface area contributed by atoms with E-state index in [1.807, 2.05) is 23.5 Å². The number of nitrogens with zero attached hydrogens (tertiary/aromatic N) is 2. The van der Waals surface area contributed by atoms with Crippen LogP contribution in [0.3, 0.4) is 0 Å². The van der Waals surface area contributed by atoms with Crippen LogP contribution in [-0.2, 0) is 5.41 Å². The number of fused-ring (bicyclic) bond motifs is 7. The first-order chi connectivity index (χ1) is 24.0. The van der Waals surface area contributed by atoms with Crippen molar-refractivity contribution < 1.29 is 4.42 Å². The molecule has 0 amide bonds. The van der Waals surface area contributed by atoms with Gasteiger partial charge in [0.2, 0.25) is 0 Å². The van der Waals surface area contributed by atoms with Gasteiger partial charge in [-0.3, -0.25) is 0 Å². The van der Waals surface area contributed by atoms with E-state index in [4.69, 9.17) is 14.4 Å². The maximum Gasteiger partial charge on any atom is 0.164 e. The van der Waals surface area contributed by atoms with Crippen LogP contribution < -0.4 is 0 Å². The van der Waals surface area contributed by atoms with Gasteiger partial charge in [-0.25, -0.2) is 9.97 Å². The summed E-state index contributed by atoms with van der Waals surface area (Å²) >= 11 is 1.82. The average Bonchev–Trinajstić information content (AvgIpc) is 3.82. The summed E-state index contributed by atoms with van der Waals surface area (Å²) in [6, 6.07) is 51.7. The molecular formula is C45H30N2OS. The Bertz CT molecular complexity index is 2720. The van der Waals surface area contributed by atoms with Gasteiger partial charge < -0.3 is 4.42 Å². The summed E-state index contributed by atoms with van der Waals surface area (Å²) in [5.74, 6) is 0.647. The van der Waals surface area contributed by atoms with Gasteiger partial charge in [0, 0.05) is 36.9 Å². The average molecular weight is 647 g/mol. The van der Waals surface area contributed by atoms with E-state index in [1.54, 1.807) is 0 Å². The van der Waals surface area contributed by atoms with Crippen LogP contribution in [0.25, 0.3) is 87.5 Å². The molecule has 0 atom stereocenters. The second kappa shape index (κ2) is 10.6. The predicted molar refractivity (Wildman–Crippen MR) is 204 cm³/mol. The van der Waals surface area contributed by atoms with Crippen LogP contribution in [0.1, 0.15) is 25.0 Å². The number of para-hydroxylation sites is 2. The fourth-order valence-corrected chi connectivity index (χ4v) is 8.74. The third-order valence-electron chi connectivity index (χ3n) is 10.1. The van der Waals surface area contributed by atoms with Gasteiger partial charge in [-0.2, -0.15) is 0 Å². The molecule has 0 bridgehead atoms. The molecule has 3 aromatic heterocycles. The van der Waals surface area contributed by atoms with Crippen LogP contribution in [0.15, 0.2) is 150 Å². The fraction of sp³-hybridized carbons (Fsp3) is 0.0667. The van der Waals surface area contributed by atoms with Gasteiger partial charge in [0.05, 0.1) is 17.0 Å². The van der Waals surface area contributed by atoms with Crippen LogP contribution >= 0.6 is 11.3 Å². The molecule has 4 heteroatoms. The number of hydrogen-bond donors (Lipinski definition) is 0. The van der Waals surface area contributed by atoms with Crippen molar-refractivity contribution in [3.63, 3.8) is 0 Å². The van der Waals surface area contributed by atoms with E-state index in [9.17, 15) is 0 Å². The van der Waals surface area contributed by atoms with Crippen LogP contribution in [0.2, 0.25) is 0 Å². The molecule has 0 saturated carbocycles. The maximum atomic E-state index is 6.49. The molecule has 0 N–H and O–H groups in total. The minimum absolute atomic E-state index is 0.108. The molecule has 0 fully saturated rings. The SMILES string of the molecule is CC1(C)c2ccccc2-c2c(-c3cc(-c4ccc(-c5cc6ccccc6s5)cc4)nc(-c4cccc5c4oc4ccccc45)n3)cccc21. The molecule has 0 aliphatic heterocycles. The van der Waals surface area contributed by atoms with Crippen molar-refractivity contribution in [2.75, 3.05) is 0 Å². The van der Waals surface area contributed by atoms with Gasteiger partial charge in [-0.05, 0) is 63.5 Å². The summed E-state index contributed by atoms with van der Waals surface area (Å²) < 4.78 is 7.79. The lowest BCUT2D eigenvalue weighted by atomic mass is 9.82. The number of aromatic nitrogens is 2. The first kappa shape index (κ1) is 28.2. The summed E-state index contributed by atoms with van der Waals surface area (Å²) in [5.41, 5.74) is 12.7. The number of thiophene rings is 1. The van der Waals surface area contributed by atoms with E-state index >= 15 is 0 Å². The van der Waals surface area contributed by atoms with Crippen LogP contribution in [-0.4, -0.2) is 9.97 Å². The van der Waals surface area contributed by atoms with Gasteiger partial charge in [0.1, 0.15) is 11.2 Å². The van der Waals surface area contributed by atoms with Crippen molar-refractivity contribution in [3.8, 4) is 55.5 Å². The summed E-state index contributed by atoms with van der Waals surface area (Å²) in [5, 5.41) is 3.43. The Morgan fingerprint density at radius 2 is 1.22 bits per heavy atom. The summed E-state index contributed by atoms with van der Waals surface area (Å²) in [6.07, 6.45) is 0. The second-order valence-electron chi connectivity index (χ2n) is 13.4. The van der Waals surface area contributed by atoms with Crippen LogP contribution in [0, 0.1) is 0 Å². The highest BCUT2D eigenvalue weighted by atomic mass is 32.1. The number of rotatable bonds is 4. The van der Waals surface area contributed by atoms with Crippen molar-refractivity contribution >= 4 is 43.4 Å². The molecule has 0 spiro atoms. The molecule has 0 saturated heterocycles. The molecule has 3 nitrogen and oxygen atoms in total. The van der Waals surface area contributed by atoms with E-state index in [-0.39, 0.29) is 5.41 Å². The highest BCUT2D eigenvalue weighted by Crippen LogP contribution is 2.52. The Morgan fingerprint density at radius 3 is 2.12 bits per heavy atom. The Hall–Kier alpha value is -5.84. The lowest BCUT2D eigenvalue weighted by Gasteiger charge is -2.21. The minimum Gasteiger partial charge on any atom is -0.455 e. The molecule has 232 valence electrons. The third-order valence-corrected chi connectivity index (χ3v) is 11.3. The summed E-state index contributed by atoms with van der Waals surface area (Å²) in [4.78, 5) is 11.9. The second-order valence-corrected chi connectivity index (χ2v) is 14.5. The molecular weight excluding hydrogens is 617 g/mol. The molecule has 0 radical (unpaired) electrons. The largest absolute Gasteiger partial charge is 0.455 e. The minimum atomic E-state index is -0.108. The standard InChI is InChI=1S/C45H30N2OS/c1-45(2)35-17-6-4-13-32(35)42-33(15-10-18-36(42)45)38-26-37(27-21-23-28(24-22-27)41-25-29-11-3-8-20-40(29)49-41)46-44(47-38)34-16-9-14-31-30-12-5-7-19-39(30)48-43(31)34/h3-26H,1-2H3. The van der Waals surface area contributed by atoms with Crippen molar-refractivity contribution in [2.24, 2.45) is 0 Å². The number of hydrogen-bond acceptors (Lipinski definition) is 4. The van der Waals surface area contributed by atoms with Crippen molar-refractivity contribution in [1.82, 2.24) is 9.97 Å². The van der Waals surface area contributed by atoms with Crippen LogP contribution in [0.4, 0.5) is 0 Å². The summed E-state index contributed by atoms with van der Waals surface area (Å²) in [6.45, 7) is 4.64. The molecule has 0 unspecified atom stereocenters. The lowest BCUT2D eigenvalue weighted by molar-refractivity contribution is 0.660. The van der Waals surface area contributed by atoms with E-state index in [1.165, 1.54) is 42.8 Å². The summed E-state index contributed by atoms with van der Waals surface area (Å²) in [7, 11) is 0. The molecule has 6 aromatic carbocycles. The molecule has 10 rings (SSSR count). The number of benzene rings is 6. The molecule has 49 heavy (non-hydrogen) atoms. The Balaban J connectivity index is 1.18. The molecule has 1 aliphatic carbocycles. The highest BCUT2D eigenvalue weighted by Gasteiger charge is 2.36. The van der Waals surface area contributed by atoms with Crippen LogP contribution in [0.5, 0.6) is 0 Å². The first-order valence-electron chi connectivity index (χ1n) is 16.7. The zero-order valence-corrected chi connectivity index (χ0v) is 27.9. The zero-order valence-electron chi connectivity index (χ0n) is 27.1. The highest BCUT2D eigenvalue weighted by molar-refractivity contribution is 7.22. The van der Waals surface area contributed by atoms with Gasteiger partial charge in [0.25, 0.3) is 0 Å². The van der Waals surface area contributed by atoms with Crippen molar-refractivity contribution in [2.45, 2.75) is 19.3 Å². The first-order valence-corrected chi connectivity index (χ1v) is 17.5.